The minimum Gasteiger partial charge on any atom is -0.550 e. The van der Waals surface area contributed by atoms with Gasteiger partial charge in [0, 0.05) is 11.5 Å². The molecule has 2 N–H and O–H groups in total. The van der Waals surface area contributed by atoms with Crippen LogP contribution in [0, 0.1) is 0 Å². The number of halogens is 2. The molecule has 2 rings (SSSR count). The van der Waals surface area contributed by atoms with E-state index in [1.54, 1.807) is 6.07 Å². The molecule has 0 atom stereocenters. The Bertz CT molecular complexity index is 895. The van der Waals surface area contributed by atoms with Gasteiger partial charge in [-0.15, -0.1) is 0 Å². The number of hydrogen-bond acceptors (Lipinski definition) is 6. The molecule has 0 saturated heterocycles. The number of hydrogen-bond donors (Lipinski definition) is 2. The molecule has 0 unspecified atom stereocenters. The third kappa shape index (κ3) is 21.1. The van der Waals surface area contributed by atoms with Gasteiger partial charge in [0.25, 0.3) is 0 Å². The number of carboxylic acids is 2. The maximum absolute atomic E-state index is 9.49. The Balaban J connectivity index is -0.000000384. The van der Waals surface area contributed by atoms with Gasteiger partial charge in [-0.1, -0.05) is 72.2 Å². The fraction of sp³-hybridized carbons (Fsp3) is 0.111. The monoisotopic (exact) mass is 488 g/mol. The van der Waals surface area contributed by atoms with Crippen LogP contribution >= 0.6 is 23.2 Å². The first kappa shape index (κ1) is 33.0. The van der Waals surface area contributed by atoms with Gasteiger partial charge in [0.2, 0.25) is 0 Å². The van der Waals surface area contributed by atoms with Crippen molar-refractivity contribution < 1.29 is 37.3 Å². The van der Waals surface area contributed by atoms with Gasteiger partial charge in [-0.3, -0.25) is 9.11 Å². The van der Waals surface area contributed by atoms with Crippen molar-refractivity contribution in [3.8, 4) is 11.1 Å². The maximum atomic E-state index is 9.49. The normalized spacial score (nSPS) is 9.00. The largest absolute Gasteiger partial charge is 2.00 e. The molecule has 0 radical (unpaired) electrons. The van der Waals surface area contributed by atoms with Gasteiger partial charge < -0.3 is 19.8 Å². The molecular formula is C18H18Cl2MgO8S. The van der Waals surface area contributed by atoms with E-state index in [0.717, 1.165) is 18.1 Å². The molecule has 8 nitrogen and oxygen atoms in total. The van der Waals surface area contributed by atoms with Crippen LogP contribution in [-0.2, 0) is 20.0 Å². The molecule has 0 heterocycles. The summed E-state index contributed by atoms with van der Waals surface area (Å²) in [6.07, 6.45) is 0. The third-order valence-electron chi connectivity index (χ3n) is 2.38. The van der Waals surface area contributed by atoms with Gasteiger partial charge in [0.05, 0.1) is 16.0 Å². The first-order valence-corrected chi connectivity index (χ1v) is 9.55. The number of carboxylic acid groups (broad SMARTS) is 2. The molecule has 0 fully saturated rings. The van der Waals surface area contributed by atoms with Crippen molar-refractivity contribution in [1.82, 2.24) is 0 Å². The van der Waals surface area contributed by atoms with Crippen LogP contribution < -0.4 is 10.2 Å². The summed E-state index contributed by atoms with van der Waals surface area (Å²) in [4.78, 5) is 18.4. The van der Waals surface area contributed by atoms with Gasteiger partial charge >= 0.3 is 33.5 Å². The van der Waals surface area contributed by atoms with E-state index in [9.17, 15) is 9.90 Å². The van der Waals surface area contributed by atoms with Crippen molar-refractivity contribution in [1.29, 1.82) is 0 Å². The molecule has 160 valence electrons. The summed E-state index contributed by atoms with van der Waals surface area (Å²) in [5.41, 5.74) is 2.12. The van der Waals surface area contributed by atoms with E-state index in [2.05, 4.69) is 6.58 Å². The van der Waals surface area contributed by atoms with Crippen LogP contribution in [0.5, 0.6) is 0 Å². The molecule has 0 spiro atoms. The Hall–Kier alpha value is -1.66. The second-order valence-electron chi connectivity index (χ2n) is 4.97. The smallest absolute Gasteiger partial charge is 0.550 e. The van der Waals surface area contributed by atoms with Gasteiger partial charge in [0.15, 0.2) is 0 Å². The minimum absolute atomic E-state index is 0. The van der Waals surface area contributed by atoms with Crippen molar-refractivity contribution in [2.75, 3.05) is 0 Å². The predicted molar refractivity (Wildman–Crippen MR) is 112 cm³/mol. The Morgan fingerprint density at radius 1 is 0.933 bits per heavy atom. The van der Waals surface area contributed by atoms with Crippen LogP contribution in [0.3, 0.4) is 0 Å². The molecule has 2 aromatic carbocycles. The zero-order valence-corrected chi connectivity index (χ0v) is 19.8. The Kier molecular flexibility index (Phi) is 18.8. The van der Waals surface area contributed by atoms with Gasteiger partial charge in [-0.05, 0) is 31.1 Å². The summed E-state index contributed by atoms with van der Waals surface area (Å²) in [5, 5.41) is 19.6. The zero-order valence-electron chi connectivity index (χ0n) is 16.0. The predicted octanol–water partition coefficient (Wildman–Crippen LogP) is 1.70. The Morgan fingerprint density at radius 2 is 1.30 bits per heavy atom. The summed E-state index contributed by atoms with van der Waals surface area (Å²) in [6.45, 7) is 5.45. The quantitative estimate of drug-likeness (QED) is 0.367. The third-order valence-corrected chi connectivity index (χ3v) is 3.20. The van der Waals surface area contributed by atoms with Gasteiger partial charge in [-0.2, -0.15) is 8.42 Å². The fourth-order valence-corrected chi connectivity index (χ4v) is 1.75. The topological polar surface area (TPSA) is 155 Å². The van der Waals surface area contributed by atoms with Crippen molar-refractivity contribution in [2.24, 2.45) is 0 Å². The van der Waals surface area contributed by atoms with Gasteiger partial charge in [-0.25, -0.2) is 0 Å². The number of aliphatic carboxylic acids is 2. The van der Waals surface area contributed by atoms with Gasteiger partial charge in [0.1, 0.15) is 0 Å². The van der Waals surface area contributed by atoms with E-state index in [-0.39, 0.29) is 28.6 Å². The van der Waals surface area contributed by atoms with Crippen molar-refractivity contribution in [3.05, 3.63) is 70.7 Å². The van der Waals surface area contributed by atoms with Crippen LogP contribution in [0.1, 0.15) is 13.8 Å². The van der Waals surface area contributed by atoms with E-state index in [1.165, 1.54) is 6.92 Å². The molecule has 0 bridgehead atoms. The molecule has 0 aliphatic rings. The van der Waals surface area contributed by atoms with Crippen molar-refractivity contribution >= 4 is 68.6 Å². The zero-order chi connectivity index (χ0) is 23.2. The molecule has 0 amide bonds. The maximum Gasteiger partial charge on any atom is 2.00 e. The SMILES string of the molecule is C=C(C)C(=O)[O-].CC(=O)[O-].Clc1cccc(-c2ccccc2)c1Cl.O=S(=O)(O)O.[Mg+2]. The molecule has 12 heteroatoms. The van der Waals surface area contributed by atoms with E-state index in [0.29, 0.717) is 10.0 Å². The summed E-state index contributed by atoms with van der Waals surface area (Å²) in [6, 6.07) is 15.6. The summed E-state index contributed by atoms with van der Waals surface area (Å²) >= 11 is 12.0. The average Bonchev–Trinajstić information content (AvgIpc) is 2.56. The summed E-state index contributed by atoms with van der Waals surface area (Å²) in [5.74, 6) is -2.27. The molecule has 0 aromatic heterocycles. The van der Waals surface area contributed by atoms with E-state index in [4.69, 9.17) is 50.6 Å². The molecule has 0 aliphatic heterocycles. The molecule has 0 saturated carbocycles. The number of carbonyl (C=O) groups is 2. The number of rotatable bonds is 2. The minimum atomic E-state index is -4.67. The standard InChI is InChI=1S/C12H8Cl2.C4H6O2.C2H4O2.Mg.H2O4S/c13-11-8-4-7-10(12(11)14)9-5-2-1-3-6-9;1-3(2)4(5)6;1-2(3)4;;1-5(2,3)4/h1-8H;1H2,2H3,(H,5,6);1H3,(H,3,4);;(H2,1,2,3,4)/q;;;+2;/p-2. The van der Waals surface area contributed by atoms with E-state index in [1.807, 2.05) is 42.5 Å². The van der Waals surface area contributed by atoms with Crippen molar-refractivity contribution in [3.63, 3.8) is 0 Å². The van der Waals surface area contributed by atoms with Crippen LogP contribution in [0.2, 0.25) is 10.0 Å². The fourth-order valence-electron chi connectivity index (χ4n) is 1.34. The summed E-state index contributed by atoms with van der Waals surface area (Å²) < 4.78 is 31.6. The number of benzene rings is 2. The summed E-state index contributed by atoms with van der Waals surface area (Å²) in [7, 11) is -4.67. The van der Waals surface area contributed by atoms with Crippen LogP contribution in [0.15, 0.2) is 60.7 Å². The first-order valence-electron chi connectivity index (χ1n) is 7.40. The second kappa shape index (κ2) is 17.1. The van der Waals surface area contributed by atoms with Crippen LogP contribution in [0.4, 0.5) is 0 Å². The van der Waals surface area contributed by atoms with Crippen LogP contribution in [-0.4, -0.2) is 52.5 Å². The Morgan fingerprint density at radius 3 is 1.63 bits per heavy atom. The first-order chi connectivity index (χ1) is 13.2. The van der Waals surface area contributed by atoms with E-state index < -0.39 is 22.3 Å². The molecular weight excluding hydrogens is 471 g/mol. The van der Waals surface area contributed by atoms with E-state index >= 15 is 0 Å². The Labute approximate surface area is 200 Å². The van der Waals surface area contributed by atoms with Crippen LogP contribution in [0.25, 0.3) is 11.1 Å². The molecule has 0 aliphatic carbocycles. The average molecular weight is 490 g/mol. The number of carbonyl (C=O) groups excluding carboxylic acids is 2. The molecule has 30 heavy (non-hydrogen) atoms. The molecule has 2 aromatic rings. The second-order valence-corrected chi connectivity index (χ2v) is 6.66. The van der Waals surface area contributed by atoms with Crippen molar-refractivity contribution in [2.45, 2.75) is 13.8 Å².